The molecule has 270 valence electrons. The van der Waals surface area contributed by atoms with Gasteiger partial charge in [-0.2, -0.15) is 0 Å². The minimum absolute atomic E-state index is 0.0951. The third-order valence-corrected chi connectivity index (χ3v) is 17.1. The van der Waals surface area contributed by atoms with Crippen LogP contribution in [0.5, 0.6) is 0 Å². The molecule has 1 aliphatic heterocycles. The van der Waals surface area contributed by atoms with E-state index in [1.807, 2.05) is 0 Å². The highest BCUT2D eigenvalue weighted by Crippen LogP contribution is 2.65. The fraction of sp³-hybridized carbons (Fsp3) is 0.676. The van der Waals surface area contributed by atoms with E-state index in [2.05, 4.69) is 20.8 Å². The molecular formula is C37H52O11Si. The minimum Gasteiger partial charge on any atom is -0.455 e. The Balaban J connectivity index is 1.90. The number of rotatable bonds is 9. The highest BCUT2D eigenvalue weighted by atomic mass is 28.4. The van der Waals surface area contributed by atoms with Crippen LogP contribution in [0.15, 0.2) is 41.5 Å². The summed E-state index contributed by atoms with van der Waals surface area (Å²) in [7, 11) is -2.48. The number of hydrogen-bond donors (Lipinski definition) is 2. The van der Waals surface area contributed by atoms with Gasteiger partial charge in [0, 0.05) is 43.1 Å². The lowest BCUT2D eigenvalue weighted by Crippen LogP contribution is -2.82. The van der Waals surface area contributed by atoms with Crippen LogP contribution >= 0.6 is 0 Å². The normalized spacial score (nSPS) is 36.7. The van der Waals surface area contributed by atoms with E-state index in [1.165, 1.54) is 13.8 Å². The Bertz CT molecular complexity index is 1510. The second-order valence-corrected chi connectivity index (χ2v) is 19.9. The van der Waals surface area contributed by atoms with Crippen LogP contribution in [0.1, 0.15) is 85.5 Å². The molecule has 0 amide bonds. The first kappa shape index (κ1) is 37.4. The molecule has 2 saturated carbocycles. The van der Waals surface area contributed by atoms with Crippen molar-refractivity contribution in [2.24, 2.45) is 16.7 Å². The summed E-state index contributed by atoms with van der Waals surface area (Å²) in [5.41, 5.74) is -5.94. The molecule has 49 heavy (non-hydrogen) atoms. The molecule has 2 unspecified atom stereocenters. The number of ketones is 1. The van der Waals surface area contributed by atoms with Gasteiger partial charge >= 0.3 is 17.9 Å². The maximum atomic E-state index is 15.2. The van der Waals surface area contributed by atoms with Crippen LogP contribution in [0.25, 0.3) is 0 Å². The Morgan fingerprint density at radius 3 is 2.10 bits per heavy atom. The van der Waals surface area contributed by atoms with Crippen molar-refractivity contribution in [3.05, 3.63) is 47.0 Å². The molecule has 12 heteroatoms. The zero-order valence-corrected chi connectivity index (χ0v) is 31.2. The van der Waals surface area contributed by atoms with E-state index in [4.69, 9.17) is 23.4 Å². The summed E-state index contributed by atoms with van der Waals surface area (Å²) in [5.74, 6) is -3.90. The average molecular weight is 701 g/mol. The number of Topliss-reactive ketones (excluding diaryl/α,β-unsaturated/α-hetero) is 1. The largest absolute Gasteiger partial charge is 0.455 e. The first-order valence-corrected chi connectivity index (χ1v) is 20.0. The maximum Gasteiger partial charge on any atom is 0.338 e. The molecule has 5 rings (SSSR count). The number of carbonyl (C=O) groups is 4. The second kappa shape index (κ2) is 13.0. The van der Waals surface area contributed by atoms with Gasteiger partial charge in [0.25, 0.3) is 0 Å². The van der Waals surface area contributed by atoms with Gasteiger partial charge in [-0.1, -0.05) is 59.7 Å². The van der Waals surface area contributed by atoms with E-state index < -0.39 is 90.5 Å². The van der Waals surface area contributed by atoms with Crippen LogP contribution < -0.4 is 0 Å². The minimum atomic E-state index is -2.48. The topological polar surface area (TPSA) is 155 Å². The fourth-order valence-corrected chi connectivity index (χ4v) is 12.4. The number of fused-ring (bicyclic) bond motifs is 5. The summed E-state index contributed by atoms with van der Waals surface area (Å²) in [6.07, 6.45) is -5.98. The third kappa shape index (κ3) is 5.62. The highest BCUT2D eigenvalue weighted by molar-refractivity contribution is 6.73. The van der Waals surface area contributed by atoms with E-state index in [9.17, 15) is 24.6 Å². The van der Waals surface area contributed by atoms with Gasteiger partial charge in [-0.25, -0.2) is 4.79 Å². The number of esters is 3. The van der Waals surface area contributed by atoms with Gasteiger partial charge in [0.1, 0.15) is 17.8 Å². The standard InChI is InChI=1S/C37H52O11Si/c1-10-49(11-2,12-3)48-26-18-27-36(20-44-27,47-23(6)39)30-32(46-33(42)24-16-14-13-15-17-24)37(43)19-25(40)21(4)28(34(37,7)8)29(41)31(35(26,30)9)45-22(5)38/h13-17,25-27,30-32,40,43H,10-12,18-20H2,1-9H3/t25?,26-,27+,30?,31+,32-,35+,36-,37+/m0/s1. The lowest BCUT2D eigenvalue weighted by Gasteiger charge is -2.69. The van der Waals surface area contributed by atoms with Crippen LogP contribution in [0.3, 0.4) is 0 Å². The zero-order chi connectivity index (χ0) is 36.3. The van der Waals surface area contributed by atoms with Crippen molar-refractivity contribution < 1.29 is 52.8 Å². The molecular weight excluding hydrogens is 648 g/mol. The van der Waals surface area contributed by atoms with E-state index >= 15 is 4.79 Å². The van der Waals surface area contributed by atoms with Crippen molar-refractivity contribution in [2.45, 2.75) is 135 Å². The van der Waals surface area contributed by atoms with Crippen LogP contribution in [0.2, 0.25) is 18.1 Å². The molecule has 9 atom stereocenters. The molecule has 1 heterocycles. The van der Waals surface area contributed by atoms with Gasteiger partial charge in [-0.05, 0) is 42.8 Å². The first-order valence-electron chi connectivity index (χ1n) is 17.5. The molecule has 1 aromatic rings. The van der Waals surface area contributed by atoms with E-state index in [0.29, 0.717) is 5.57 Å². The van der Waals surface area contributed by atoms with Crippen LogP contribution in [0.4, 0.5) is 0 Å². The maximum absolute atomic E-state index is 15.2. The highest BCUT2D eigenvalue weighted by Gasteiger charge is 2.79. The molecule has 11 nitrogen and oxygen atoms in total. The van der Waals surface area contributed by atoms with Crippen LogP contribution in [-0.2, 0) is 37.8 Å². The number of hydrogen-bond acceptors (Lipinski definition) is 11. The van der Waals surface area contributed by atoms with Gasteiger partial charge in [0.2, 0.25) is 5.78 Å². The summed E-state index contributed by atoms with van der Waals surface area (Å²) in [6.45, 7) is 15.3. The van der Waals surface area contributed by atoms with Crippen molar-refractivity contribution in [3.8, 4) is 0 Å². The average Bonchev–Trinajstić information content (AvgIpc) is 3.04. The first-order chi connectivity index (χ1) is 22.9. The van der Waals surface area contributed by atoms with Crippen molar-refractivity contribution in [3.63, 3.8) is 0 Å². The van der Waals surface area contributed by atoms with E-state index in [1.54, 1.807) is 58.0 Å². The fourth-order valence-electron chi connectivity index (χ4n) is 9.43. The van der Waals surface area contributed by atoms with Gasteiger partial charge < -0.3 is 33.6 Å². The Kier molecular flexibility index (Phi) is 9.92. The Hall–Kier alpha value is -2.90. The number of aliphatic hydroxyl groups excluding tert-OH is 1. The zero-order valence-electron chi connectivity index (χ0n) is 30.2. The monoisotopic (exact) mass is 700 g/mol. The van der Waals surface area contributed by atoms with Gasteiger partial charge in [0.05, 0.1) is 30.3 Å². The predicted octanol–water partition coefficient (Wildman–Crippen LogP) is 4.68. The number of benzene rings is 1. The van der Waals surface area contributed by atoms with E-state index in [-0.39, 0.29) is 30.6 Å². The molecule has 1 saturated heterocycles. The summed E-state index contributed by atoms with van der Waals surface area (Å²) in [5, 5.41) is 24.7. The molecule has 0 spiro atoms. The quantitative estimate of drug-likeness (QED) is 0.210. The molecule has 0 aromatic heterocycles. The van der Waals surface area contributed by atoms with Crippen molar-refractivity contribution in [1.82, 2.24) is 0 Å². The lowest BCUT2D eigenvalue weighted by molar-refractivity contribution is -0.356. The van der Waals surface area contributed by atoms with Gasteiger partial charge in [-0.3, -0.25) is 14.4 Å². The summed E-state index contributed by atoms with van der Waals surface area (Å²) in [4.78, 5) is 55.3. The van der Waals surface area contributed by atoms with Crippen molar-refractivity contribution in [1.29, 1.82) is 0 Å². The third-order valence-electron chi connectivity index (χ3n) is 12.5. The molecule has 3 aliphatic carbocycles. The summed E-state index contributed by atoms with van der Waals surface area (Å²) in [6, 6.07) is 10.6. The SMILES string of the molecule is CC[Si](CC)(CC)O[C@H]1C[C@H]2OC[C@@]2(OC(C)=O)C2[C@H](OC(=O)c3ccccc3)[C@]3(O)CC(O)C(C)=C(C(=O)[C@@H](OC(C)=O)[C@@]21C)C3(C)C. The Morgan fingerprint density at radius 2 is 1.59 bits per heavy atom. The summed E-state index contributed by atoms with van der Waals surface area (Å²) >= 11 is 0. The lowest BCUT2D eigenvalue weighted by atomic mass is 9.44. The number of carbonyl (C=O) groups excluding carboxylic acids is 4. The number of ether oxygens (including phenoxy) is 4. The molecule has 2 N–H and O–H groups in total. The molecule has 1 aromatic carbocycles. The number of aliphatic hydroxyl groups is 2. The molecule has 4 aliphatic rings. The van der Waals surface area contributed by atoms with Gasteiger partial charge in [-0.15, -0.1) is 0 Å². The van der Waals surface area contributed by atoms with Crippen LogP contribution in [-0.4, -0.2) is 90.6 Å². The predicted molar refractivity (Wildman–Crippen MR) is 181 cm³/mol. The molecule has 0 radical (unpaired) electrons. The van der Waals surface area contributed by atoms with Gasteiger partial charge in [0.15, 0.2) is 20.0 Å². The molecule has 3 fully saturated rings. The van der Waals surface area contributed by atoms with Crippen molar-refractivity contribution in [2.75, 3.05) is 6.61 Å². The molecule has 2 bridgehead atoms. The van der Waals surface area contributed by atoms with Crippen molar-refractivity contribution >= 4 is 32.0 Å². The smallest absolute Gasteiger partial charge is 0.338 e. The Labute approximate surface area is 289 Å². The van der Waals surface area contributed by atoms with E-state index in [0.717, 1.165) is 18.1 Å². The summed E-state index contributed by atoms with van der Waals surface area (Å²) < 4.78 is 32.2. The Morgan fingerprint density at radius 1 is 0.980 bits per heavy atom. The second-order valence-electron chi connectivity index (χ2n) is 15.2. The van der Waals surface area contributed by atoms with Crippen LogP contribution in [0, 0.1) is 16.7 Å².